The first kappa shape index (κ1) is 23.0. The number of piperidine rings is 1. The van der Waals surface area contributed by atoms with E-state index >= 15 is 0 Å². The molecule has 0 saturated carbocycles. The number of nitrogens with one attached hydrogen (secondary N) is 2. The second kappa shape index (κ2) is 10.1. The molecule has 4 rings (SSSR count). The molecule has 0 bridgehead atoms. The minimum absolute atomic E-state index is 0.0212. The van der Waals surface area contributed by atoms with Crippen molar-refractivity contribution in [2.24, 2.45) is 5.92 Å². The average molecular weight is 473 g/mol. The summed E-state index contributed by atoms with van der Waals surface area (Å²) >= 11 is 7.80. The van der Waals surface area contributed by atoms with Gasteiger partial charge < -0.3 is 10.3 Å². The number of carbonyl (C=O) groups excluding carboxylic acids is 1. The van der Waals surface area contributed by atoms with Crippen LogP contribution < -0.4 is 10.9 Å². The standard InChI is InChI=1S/C24H29ClN4O2S/c1-3-7-15(2)26-22(30)16-8-6-11-29(12-16)13-20-27-23(31)21-18(14-32-24(21)28-20)17-9-4-5-10-19(17)25/h4-5,9-10,14-16H,3,6-8,11-13H2,1-2H3,(H,26,30)(H,27,28,31). The number of thiophene rings is 1. The number of benzene rings is 1. The number of nitrogens with zero attached hydrogens (tertiary/aromatic N) is 2. The highest BCUT2D eigenvalue weighted by Gasteiger charge is 2.27. The van der Waals surface area contributed by atoms with Crippen molar-refractivity contribution in [3.05, 3.63) is 50.8 Å². The second-order valence-corrected chi connectivity index (χ2v) is 9.86. The van der Waals surface area contributed by atoms with Crippen molar-refractivity contribution >= 4 is 39.1 Å². The lowest BCUT2D eigenvalue weighted by atomic mass is 9.96. The lowest BCUT2D eigenvalue weighted by Gasteiger charge is -2.32. The number of amides is 1. The summed E-state index contributed by atoms with van der Waals surface area (Å²) in [7, 11) is 0. The zero-order valence-electron chi connectivity index (χ0n) is 18.5. The summed E-state index contributed by atoms with van der Waals surface area (Å²) in [5.41, 5.74) is 1.50. The summed E-state index contributed by atoms with van der Waals surface area (Å²) in [5, 5.41) is 6.27. The van der Waals surface area contributed by atoms with Gasteiger partial charge in [0, 0.05) is 34.1 Å². The summed E-state index contributed by atoms with van der Waals surface area (Å²) in [5.74, 6) is 0.748. The number of likely N-dealkylation sites (tertiary alicyclic amines) is 1. The van der Waals surface area contributed by atoms with Crippen molar-refractivity contribution < 1.29 is 4.79 Å². The summed E-state index contributed by atoms with van der Waals surface area (Å²) in [6.45, 7) is 6.29. The van der Waals surface area contributed by atoms with Gasteiger partial charge in [-0.05, 0) is 38.8 Å². The Bertz CT molecular complexity index is 1160. The fraction of sp³-hybridized carbons (Fsp3) is 0.458. The molecule has 2 N–H and O–H groups in total. The van der Waals surface area contributed by atoms with Crippen molar-refractivity contribution in [3.63, 3.8) is 0 Å². The molecule has 0 spiro atoms. The zero-order valence-corrected chi connectivity index (χ0v) is 20.1. The summed E-state index contributed by atoms with van der Waals surface area (Å²) in [4.78, 5) is 36.2. The summed E-state index contributed by atoms with van der Waals surface area (Å²) in [6, 6.07) is 7.72. The van der Waals surface area contributed by atoms with Gasteiger partial charge in [0.25, 0.3) is 5.56 Å². The minimum Gasteiger partial charge on any atom is -0.353 e. The van der Waals surface area contributed by atoms with Crippen LogP contribution in [0.25, 0.3) is 21.3 Å². The molecule has 1 fully saturated rings. The predicted molar refractivity (Wildman–Crippen MR) is 131 cm³/mol. The first-order valence-electron chi connectivity index (χ1n) is 11.2. The number of aromatic amines is 1. The molecule has 3 heterocycles. The minimum atomic E-state index is -0.152. The van der Waals surface area contributed by atoms with Crippen molar-refractivity contribution in [2.45, 2.75) is 52.1 Å². The molecular weight excluding hydrogens is 444 g/mol. The Morgan fingerprint density at radius 2 is 2.19 bits per heavy atom. The Balaban J connectivity index is 1.49. The van der Waals surface area contributed by atoms with E-state index in [2.05, 4.69) is 29.0 Å². The van der Waals surface area contributed by atoms with Crippen molar-refractivity contribution in [3.8, 4) is 11.1 Å². The molecule has 1 saturated heterocycles. The van der Waals surface area contributed by atoms with Gasteiger partial charge in [-0.2, -0.15) is 0 Å². The molecule has 8 heteroatoms. The van der Waals surface area contributed by atoms with Gasteiger partial charge in [-0.1, -0.05) is 43.1 Å². The molecule has 0 radical (unpaired) electrons. The Kier molecular flexibility index (Phi) is 7.28. The van der Waals surface area contributed by atoms with Gasteiger partial charge in [-0.25, -0.2) is 4.98 Å². The number of rotatable bonds is 7. The van der Waals surface area contributed by atoms with Gasteiger partial charge in [0.1, 0.15) is 10.7 Å². The van der Waals surface area contributed by atoms with Gasteiger partial charge >= 0.3 is 0 Å². The summed E-state index contributed by atoms with van der Waals surface area (Å²) < 4.78 is 0. The Morgan fingerprint density at radius 1 is 1.38 bits per heavy atom. The molecule has 1 aliphatic heterocycles. The fourth-order valence-electron chi connectivity index (χ4n) is 4.44. The van der Waals surface area contributed by atoms with Gasteiger partial charge in [0.15, 0.2) is 0 Å². The first-order valence-corrected chi connectivity index (χ1v) is 12.5. The number of hydrogen-bond donors (Lipinski definition) is 2. The van der Waals surface area contributed by atoms with E-state index in [9.17, 15) is 9.59 Å². The Labute approximate surface area is 197 Å². The van der Waals surface area contributed by atoms with Crippen LogP contribution in [-0.2, 0) is 11.3 Å². The van der Waals surface area contributed by atoms with Gasteiger partial charge in [0.2, 0.25) is 5.91 Å². The smallest absolute Gasteiger partial charge is 0.260 e. The van der Waals surface area contributed by atoms with Crippen molar-refractivity contribution in [1.82, 2.24) is 20.2 Å². The number of hydrogen-bond acceptors (Lipinski definition) is 5. The molecule has 32 heavy (non-hydrogen) atoms. The van der Waals surface area contributed by atoms with E-state index in [0.29, 0.717) is 34.2 Å². The molecule has 3 aromatic rings. The maximum absolute atomic E-state index is 12.9. The highest BCUT2D eigenvalue weighted by atomic mass is 35.5. The van der Waals surface area contributed by atoms with Crippen LogP contribution in [0, 0.1) is 5.92 Å². The van der Waals surface area contributed by atoms with E-state index in [0.717, 1.165) is 43.4 Å². The number of halogens is 1. The molecule has 2 atom stereocenters. The highest BCUT2D eigenvalue weighted by molar-refractivity contribution is 7.17. The van der Waals surface area contributed by atoms with Crippen LogP contribution in [0.5, 0.6) is 0 Å². The third-order valence-electron chi connectivity index (χ3n) is 6.02. The molecule has 2 unspecified atom stereocenters. The Morgan fingerprint density at radius 3 is 2.97 bits per heavy atom. The van der Waals surface area contributed by atoms with Gasteiger partial charge in [0.05, 0.1) is 17.8 Å². The van der Waals surface area contributed by atoms with Gasteiger partial charge in [-0.15, -0.1) is 11.3 Å². The molecule has 1 aromatic carbocycles. The van der Waals surface area contributed by atoms with Crippen molar-refractivity contribution in [1.29, 1.82) is 0 Å². The molecule has 1 amide bonds. The van der Waals surface area contributed by atoms with Crippen LogP contribution in [0.3, 0.4) is 0 Å². The van der Waals surface area contributed by atoms with Crippen LogP contribution in [0.1, 0.15) is 45.4 Å². The van der Waals surface area contributed by atoms with Crippen LogP contribution in [0.15, 0.2) is 34.4 Å². The van der Waals surface area contributed by atoms with E-state index in [1.807, 2.05) is 29.6 Å². The normalized spacial score (nSPS) is 18.0. The lowest BCUT2D eigenvalue weighted by Crippen LogP contribution is -2.45. The van der Waals surface area contributed by atoms with E-state index < -0.39 is 0 Å². The number of fused-ring (bicyclic) bond motifs is 1. The van der Waals surface area contributed by atoms with Crippen LogP contribution >= 0.6 is 22.9 Å². The number of H-pyrrole nitrogens is 1. The lowest BCUT2D eigenvalue weighted by molar-refractivity contribution is -0.127. The fourth-order valence-corrected chi connectivity index (χ4v) is 5.63. The molecule has 1 aliphatic rings. The predicted octanol–water partition coefficient (Wildman–Crippen LogP) is 4.82. The maximum atomic E-state index is 12.9. The molecule has 0 aliphatic carbocycles. The molecule has 6 nitrogen and oxygen atoms in total. The third-order valence-corrected chi connectivity index (χ3v) is 7.22. The average Bonchev–Trinajstić information content (AvgIpc) is 3.18. The summed E-state index contributed by atoms with van der Waals surface area (Å²) in [6.07, 6.45) is 3.91. The van der Waals surface area contributed by atoms with Crippen LogP contribution in [0.2, 0.25) is 5.02 Å². The van der Waals surface area contributed by atoms with E-state index in [1.165, 1.54) is 11.3 Å². The number of carbonyl (C=O) groups is 1. The molecule has 170 valence electrons. The SMILES string of the molecule is CCCC(C)NC(=O)C1CCCN(Cc2nc3scc(-c4ccccc4Cl)c3c(=O)[nH]2)C1. The largest absolute Gasteiger partial charge is 0.353 e. The third kappa shape index (κ3) is 5.05. The number of aromatic nitrogens is 2. The highest BCUT2D eigenvalue weighted by Crippen LogP contribution is 2.35. The molecular formula is C24H29ClN4O2S. The van der Waals surface area contributed by atoms with E-state index in [-0.39, 0.29) is 23.4 Å². The van der Waals surface area contributed by atoms with E-state index in [4.69, 9.17) is 16.6 Å². The van der Waals surface area contributed by atoms with Gasteiger partial charge in [-0.3, -0.25) is 14.5 Å². The molecule has 2 aromatic heterocycles. The van der Waals surface area contributed by atoms with Crippen LogP contribution in [0.4, 0.5) is 0 Å². The van der Waals surface area contributed by atoms with E-state index in [1.54, 1.807) is 0 Å². The first-order chi connectivity index (χ1) is 15.5. The van der Waals surface area contributed by atoms with Crippen molar-refractivity contribution in [2.75, 3.05) is 13.1 Å². The second-order valence-electron chi connectivity index (χ2n) is 8.59. The van der Waals surface area contributed by atoms with Crippen LogP contribution in [-0.4, -0.2) is 39.9 Å². The topological polar surface area (TPSA) is 78.1 Å². The monoisotopic (exact) mass is 472 g/mol. The Hall–Kier alpha value is -2.22. The quantitative estimate of drug-likeness (QED) is 0.516. The zero-order chi connectivity index (χ0) is 22.7. The maximum Gasteiger partial charge on any atom is 0.260 e.